The molecule has 1 fully saturated rings. The number of nitrogens with zero attached hydrogens (tertiary/aromatic N) is 1. The van der Waals surface area contributed by atoms with E-state index in [0.717, 1.165) is 0 Å². The van der Waals surface area contributed by atoms with Crippen LogP contribution >= 0.6 is 0 Å². The van der Waals surface area contributed by atoms with Gasteiger partial charge >= 0.3 is 0 Å². The zero-order chi connectivity index (χ0) is 9.19. The smallest absolute Gasteiger partial charge is 0.211 e. The van der Waals surface area contributed by atoms with Crippen LogP contribution in [0.5, 0.6) is 0 Å². The number of rotatable bonds is 2. The predicted molar refractivity (Wildman–Crippen MR) is 45.2 cm³/mol. The molecule has 0 saturated carbocycles. The van der Waals surface area contributed by atoms with Crippen LogP contribution < -0.4 is 5.73 Å². The van der Waals surface area contributed by atoms with Gasteiger partial charge in [0.2, 0.25) is 10.0 Å². The first kappa shape index (κ1) is 9.91. The van der Waals surface area contributed by atoms with E-state index < -0.39 is 10.0 Å². The van der Waals surface area contributed by atoms with E-state index >= 15 is 0 Å². The molecular weight excluding hydrogens is 180 g/mol. The van der Waals surface area contributed by atoms with Gasteiger partial charge in [-0.05, 0) is 0 Å². The van der Waals surface area contributed by atoms with Gasteiger partial charge in [-0.15, -0.1) is 0 Å². The molecular formula is C6H14N2O3S. The summed E-state index contributed by atoms with van der Waals surface area (Å²) in [5.41, 5.74) is 5.36. The minimum atomic E-state index is -3.07. The molecule has 12 heavy (non-hydrogen) atoms. The maximum absolute atomic E-state index is 11.1. The molecule has 0 bridgehead atoms. The molecule has 5 nitrogen and oxygen atoms in total. The van der Waals surface area contributed by atoms with Crippen LogP contribution in [0.3, 0.4) is 0 Å². The zero-order valence-corrected chi connectivity index (χ0v) is 7.88. The van der Waals surface area contributed by atoms with Crippen LogP contribution in [-0.4, -0.2) is 51.3 Å². The lowest BCUT2D eigenvalue weighted by Gasteiger charge is -2.30. The van der Waals surface area contributed by atoms with Crippen molar-refractivity contribution in [3.05, 3.63) is 0 Å². The molecule has 1 heterocycles. The van der Waals surface area contributed by atoms with Gasteiger partial charge < -0.3 is 10.5 Å². The summed E-state index contributed by atoms with van der Waals surface area (Å²) in [6.07, 6.45) is 1.06. The van der Waals surface area contributed by atoms with Crippen LogP contribution in [0.25, 0.3) is 0 Å². The molecule has 2 N–H and O–H groups in total. The summed E-state index contributed by atoms with van der Waals surface area (Å²) in [5.74, 6) is 0. The molecule has 72 valence electrons. The van der Waals surface area contributed by atoms with E-state index in [2.05, 4.69) is 0 Å². The monoisotopic (exact) mass is 194 g/mol. The predicted octanol–water partition coefficient (Wildman–Crippen LogP) is -1.39. The molecule has 0 aromatic rings. The Bertz CT molecular complexity index is 239. The van der Waals surface area contributed by atoms with Crippen molar-refractivity contribution >= 4 is 10.0 Å². The summed E-state index contributed by atoms with van der Waals surface area (Å²) < 4.78 is 28.8. The highest BCUT2D eigenvalue weighted by atomic mass is 32.2. The van der Waals surface area contributed by atoms with Crippen LogP contribution in [0.4, 0.5) is 0 Å². The number of sulfonamides is 1. The average molecular weight is 194 g/mol. The molecule has 1 atom stereocenters. The van der Waals surface area contributed by atoms with Gasteiger partial charge in [0.1, 0.15) is 0 Å². The maximum atomic E-state index is 11.1. The van der Waals surface area contributed by atoms with Crippen LogP contribution in [0.2, 0.25) is 0 Å². The minimum Gasteiger partial charge on any atom is -0.374 e. The summed E-state index contributed by atoms with van der Waals surface area (Å²) in [6.45, 7) is 1.63. The molecule has 0 aromatic carbocycles. The maximum Gasteiger partial charge on any atom is 0.211 e. The summed E-state index contributed by atoms with van der Waals surface area (Å²) >= 11 is 0. The second kappa shape index (κ2) is 3.69. The average Bonchev–Trinajstić information content (AvgIpc) is 2.03. The lowest BCUT2D eigenvalue weighted by atomic mass is 10.3. The van der Waals surface area contributed by atoms with Crippen LogP contribution in [0.15, 0.2) is 0 Å². The van der Waals surface area contributed by atoms with Crippen molar-refractivity contribution in [3.63, 3.8) is 0 Å². The van der Waals surface area contributed by atoms with E-state index in [0.29, 0.717) is 26.2 Å². The van der Waals surface area contributed by atoms with Crippen molar-refractivity contribution in [2.45, 2.75) is 6.10 Å². The summed E-state index contributed by atoms with van der Waals surface area (Å²) in [6, 6.07) is 0. The molecule has 0 aliphatic carbocycles. The fourth-order valence-electron chi connectivity index (χ4n) is 1.14. The Labute approximate surface area is 72.5 Å². The van der Waals surface area contributed by atoms with Crippen molar-refractivity contribution in [1.29, 1.82) is 0 Å². The molecule has 0 spiro atoms. The minimum absolute atomic E-state index is 0.145. The van der Waals surface area contributed by atoms with Crippen molar-refractivity contribution in [3.8, 4) is 0 Å². The molecule has 6 heteroatoms. The zero-order valence-electron chi connectivity index (χ0n) is 7.06. The van der Waals surface area contributed by atoms with Gasteiger partial charge in [0.15, 0.2) is 0 Å². The molecule has 1 aliphatic heterocycles. The highest BCUT2D eigenvalue weighted by Crippen LogP contribution is 2.07. The Morgan fingerprint density at radius 1 is 1.67 bits per heavy atom. The molecule has 1 unspecified atom stereocenters. The Kier molecular flexibility index (Phi) is 3.05. The van der Waals surface area contributed by atoms with E-state index in [4.69, 9.17) is 10.5 Å². The Balaban J connectivity index is 2.58. The summed E-state index contributed by atoms with van der Waals surface area (Å²) in [5, 5.41) is 0. The molecule has 1 rings (SSSR count). The third-order valence-electron chi connectivity index (χ3n) is 1.83. The highest BCUT2D eigenvalue weighted by Gasteiger charge is 2.25. The molecule has 0 aromatic heterocycles. The van der Waals surface area contributed by atoms with Gasteiger partial charge in [0, 0.05) is 19.6 Å². The fourth-order valence-corrected chi connectivity index (χ4v) is 1.98. The number of hydrogen-bond acceptors (Lipinski definition) is 4. The van der Waals surface area contributed by atoms with Gasteiger partial charge in [-0.1, -0.05) is 0 Å². The molecule has 1 aliphatic rings. The van der Waals surface area contributed by atoms with Crippen LogP contribution in [-0.2, 0) is 14.8 Å². The number of ether oxygens (including phenoxy) is 1. The third kappa shape index (κ3) is 2.41. The quantitative estimate of drug-likeness (QED) is 0.587. The van der Waals surface area contributed by atoms with E-state index in [1.54, 1.807) is 0 Å². The first-order valence-corrected chi connectivity index (χ1v) is 5.65. The van der Waals surface area contributed by atoms with Gasteiger partial charge in [-0.25, -0.2) is 8.42 Å². The first-order chi connectivity index (χ1) is 5.54. The lowest BCUT2D eigenvalue weighted by molar-refractivity contribution is 0.00472. The number of nitrogens with two attached hydrogens (primary N) is 1. The van der Waals surface area contributed by atoms with Gasteiger partial charge in [-0.2, -0.15) is 4.31 Å². The van der Waals surface area contributed by atoms with E-state index in [1.807, 2.05) is 0 Å². The van der Waals surface area contributed by atoms with Crippen molar-refractivity contribution < 1.29 is 13.2 Å². The molecule has 0 radical (unpaired) electrons. The summed E-state index contributed by atoms with van der Waals surface area (Å²) in [4.78, 5) is 0. The number of hydrogen-bond donors (Lipinski definition) is 1. The van der Waals surface area contributed by atoms with E-state index in [9.17, 15) is 8.42 Å². The molecule has 1 saturated heterocycles. The van der Waals surface area contributed by atoms with Crippen molar-refractivity contribution in [1.82, 2.24) is 4.31 Å². The van der Waals surface area contributed by atoms with Crippen LogP contribution in [0, 0.1) is 0 Å². The van der Waals surface area contributed by atoms with Crippen LogP contribution in [0.1, 0.15) is 0 Å². The largest absolute Gasteiger partial charge is 0.374 e. The Morgan fingerprint density at radius 2 is 2.33 bits per heavy atom. The molecule has 0 amide bonds. The standard InChI is InChI=1S/C6H14N2O3S/c1-12(9,10)8-2-3-11-6(4-7)5-8/h6H,2-5,7H2,1H3. The Morgan fingerprint density at radius 3 is 2.83 bits per heavy atom. The van der Waals surface area contributed by atoms with E-state index in [1.165, 1.54) is 10.6 Å². The second-order valence-electron chi connectivity index (χ2n) is 2.85. The second-order valence-corrected chi connectivity index (χ2v) is 4.83. The van der Waals surface area contributed by atoms with Gasteiger partial charge in [0.25, 0.3) is 0 Å². The Hall–Kier alpha value is -0.170. The lowest BCUT2D eigenvalue weighted by Crippen LogP contribution is -2.47. The normalized spacial score (nSPS) is 27.3. The fraction of sp³-hybridized carbons (Fsp3) is 1.00. The van der Waals surface area contributed by atoms with E-state index in [-0.39, 0.29) is 6.10 Å². The van der Waals surface area contributed by atoms with Gasteiger partial charge in [-0.3, -0.25) is 0 Å². The summed E-state index contributed by atoms with van der Waals surface area (Å²) in [7, 11) is -3.07. The topological polar surface area (TPSA) is 72.6 Å². The third-order valence-corrected chi connectivity index (χ3v) is 3.10. The SMILES string of the molecule is CS(=O)(=O)N1CCOC(CN)C1. The highest BCUT2D eigenvalue weighted by molar-refractivity contribution is 7.88. The van der Waals surface area contributed by atoms with Crippen molar-refractivity contribution in [2.24, 2.45) is 5.73 Å². The number of morpholine rings is 1. The first-order valence-electron chi connectivity index (χ1n) is 3.81. The van der Waals surface area contributed by atoms with Crippen molar-refractivity contribution in [2.75, 3.05) is 32.5 Å². The van der Waals surface area contributed by atoms with Gasteiger partial charge in [0.05, 0.1) is 19.0 Å².